The molecule has 1 amide bonds. The quantitative estimate of drug-likeness (QED) is 0.872. The second-order valence-corrected chi connectivity index (χ2v) is 6.09. The Balaban J connectivity index is 2.52. The molecule has 4 heteroatoms. The van der Waals surface area contributed by atoms with Crippen molar-refractivity contribution in [1.82, 2.24) is 4.90 Å². The Morgan fingerprint density at radius 1 is 1.32 bits per heavy atom. The fraction of sp³-hybridized carbons (Fsp3) is 0.533. The highest BCUT2D eigenvalue weighted by atomic mass is 79.9. The van der Waals surface area contributed by atoms with Gasteiger partial charge in [-0.1, -0.05) is 41.9 Å². The topological polar surface area (TPSA) is 40.5 Å². The number of amides is 1. The molecule has 1 N–H and O–H groups in total. The van der Waals surface area contributed by atoms with E-state index in [1.165, 1.54) is 5.56 Å². The number of hydrogen-bond acceptors (Lipinski definition) is 2. The van der Waals surface area contributed by atoms with Crippen LogP contribution in [-0.2, 0) is 11.2 Å². The third kappa shape index (κ3) is 4.96. The van der Waals surface area contributed by atoms with Crippen LogP contribution in [0.4, 0.5) is 0 Å². The first kappa shape index (κ1) is 16.2. The summed E-state index contributed by atoms with van der Waals surface area (Å²) in [6.45, 7) is 4.51. The van der Waals surface area contributed by atoms with Crippen LogP contribution in [0.25, 0.3) is 0 Å². The molecule has 0 aromatic heterocycles. The SMILES string of the molecule is CC(C)C(CO)C(=O)N(C)CCc1ccc(Br)cc1. The summed E-state index contributed by atoms with van der Waals surface area (Å²) in [5.41, 5.74) is 1.20. The lowest BCUT2D eigenvalue weighted by molar-refractivity contribution is -0.137. The number of nitrogens with zero attached hydrogens (tertiary/aromatic N) is 1. The molecule has 1 unspecified atom stereocenters. The Kier molecular flexibility index (Phi) is 6.52. The maximum absolute atomic E-state index is 12.1. The van der Waals surface area contributed by atoms with E-state index in [-0.39, 0.29) is 24.3 Å². The molecule has 0 saturated carbocycles. The molecule has 1 aromatic rings. The standard InChI is InChI=1S/C15H22BrNO2/c1-11(2)14(10-18)15(19)17(3)9-8-12-4-6-13(16)7-5-12/h4-7,11,14,18H,8-10H2,1-3H3. The minimum atomic E-state index is -0.296. The highest BCUT2D eigenvalue weighted by molar-refractivity contribution is 9.10. The van der Waals surface area contributed by atoms with Crippen LogP contribution in [0.5, 0.6) is 0 Å². The van der Waals surface area contributed by atoms with E-state index in [0.717, 1.165) is 10.9 Å². The minimum Gasteiger partial charge on any atom is -0.396 e. The molecule has 1 rings (SSSR count). The second kappa shape index (κ2) is 7.65. The Labute approximate surface area is 123 Å². The molecule has 0 radical (unpaired) electrons. The number of carbonyl (C=O) groups is 1. The van der Waals surface area contributed by atoms with E-state index in [1.807, 2.05) is 38.1 Å². The van der Waals surface area contributed by atoms with Gasteiger partial charge in [-0.05, 0) is 30.0 Å². The Morgan fingerprint density at radius 3 is 2.37 bits per heavy atom. The molecule has 106 valence electrons. The van der Waals surface area contributed by atoms with Gasteiger partial charge >= 0.3 is 0 Å². The molecule has 0 bridgehead atoms. The zero-order valence-electron chi connectivity index (χ0n) is 11.8. The average molecular weight is 328 g/mol. The third-order valence-electron chi connectivity index (χ3n) is 3.34. The summed E-state index contributed by atoms with van der Waals surface area (Å²) in [7, 11) is 1.80. The van der Waals surface area contributed by atoms with Crippen LogP contribution in [0.3, 0.4) is 0 Å². The van der Waals surface area contributed by atoms with Crippen LogP contribution in [0, 0.1) is 11.8 Å². The molecular formula is C15H22BrNO2. The van der Waals surface area contributed by atoms with E-state index in [4.69, 9.17) is 0 Å². The van der Waals surface area contributed by atoms with Gasteiger partial charge in [0.25, 0.3) is 0 Å². The van der Waals surface area contributed by atoms with Crippen LogP contribution >= 0.6 is 15.9 Å². The number of aliphatic hydroxyl groups is 1. The van der Waals surface area contributed by atoms with Gasteiger partial charge in [0.1, 0.15) is 0 Å². The van der Waals surface area contributed by atoms with Crippen molar-refractivity contribution in [2.24, 2.45) is 11.8 Å². The van der Waals surface area contributed by atoms with Gasteiger partial charge in [0.2, 0.25) is 5.91 Å². The molecule has 0 aliphatic carbocycles. The second-order valence-electron chi connectivity index (χ2n) is 5.17. The number of rotatable bonds is 6. The Bertz CT molecular complexity index is 403. The average Bonchev–Trinajstić information content (AvgIpc) is 2.38. The lowest BCUT2D eigenvalue weighted by atomic mass is 9.95. The summed E-state index contributed by atoms with van der Waals surface area (Å²) in [5.74, 6) is -0.114. The number of aliphatic hydroxyl groups excluding tert-OH is 1. The van der Waals surface area contributed by atoms with Crippen molar-refractivity contribution >= 4 is 21.8 Å². The number of carbonyl (C=O) groups excluding carboxylic acids is 1. The largest absolute Gasteiger partial charge is 0.396 e. The predicted octanol–water partition coefficient (Wildman–Crippen LogP) is 2.71. The number of halogens is 1. The van der Waals surface area contributed by atoms with E-state index in [0.29, 0.717) is 6.54 Å². The normalized spacial score (nSPS) is 12.5. The van der Waals surface area contributed by atoms with Gasteiger partial charge in [-0.3, -0.25) is 4.79 Å². The van der Waals surface area contributed by atoms with Crippen LogP contribution in [0.15, 0.2) is 28.7 Å². The number of hydrogen-bond donors (Lipinski definition) is 1. The van der Waals surface area contributed by atoms with Crippen LogP contribution in [0.2, 0.25) is 0 Å². The summed E-state index contributed by atoms with van der Waals surface area (Å²) < 4.78 is 1.06. The highest BCUT2D eigenvalue weighted by Gasteiger charge is 2.24. The van der Waals surface area contributed by atoms with Crippen molar-refractivity contribution in [3.8, 4) is 0 Å². The van der Waals surface area contributed by atoms with Gasteiger partial charge in [0.15, 0.2) is 0 Å². The first-order valence-electron chi connectivity index (χ1n) is 6.56. The first-order chi connectivity index (χ1) is 8.95. The zero-order valence-corrected chi connectivity index (χ0v) is 13.4. The van der Waals surface area contributed by atoms with Crippen molar-refractivity contribution in [3.05, 3.63) is 34.3 Å². The fourth-order valence-corrected chi connectivity index (χ4v) is 2.18. The smallest absolute Gasteiger partial charge is 0.228 e. The molecule has 0 saturated heterocycles. The summed E-state index contributed by atoms with van der Waals surface area (Å²) in [4.78, 5) is 13.9. The minimum absolute atomic E-state index is 0.0228. The third-order valence-corrected chi connectivity index (χ3v) is 3.87. The van der Waals surface area contributed by atoms with E-state index in [9.17, 15) is 9.90 Å². The van der Waals surface area contributed by atoms with Gasteiger partial charge in [0.05, 0.1) is 12.5 Å². The molecule has 3 nitrogen and oxygen atoms in total. The van der Waals surface area contributed by atoms with E-state index in [2.05, 4.69) is 15.9 Å². The van der Waals surface area contributed by atoms with Gasteiger partial charge in [-0.2, -0.15) is 0 Å². The molecular weight excluding hydrogens is 306 g/mol. The summed E-state index contributed by atoms with van der Waals surface area (Å²) in [6, 6.07) is 8.10. The molecule has 0 fully saturated rings. The maximum Gasteiger partial charge on any atom is 0.228 e. The molecule has 0 aliphatic heterocycles. The summed E-state index contributed by atoms with van der Waals surface area (Å²) in [6.07, 6.45) is 0.825. The van der Waals surface area contributed by atoms with E-state index >= 15 is 0 Å². The lowest BCUT2D eigenvalue weighted by Gasteiger charge is -2.24. The predicted molar refractivity (Wildman–Crippen MR) is 80.9 cm³/mol. The fourth-order valence-electron chi connectivity index (χ4n) is 1.92. The van der Waals surface area contributed by atoms with E-state index < -0.39 is 0 Å². The van der Waals surface area contributed by atoms with Crippen LogP contribution in [-0.4, -0.2) is 36.1 Å². The molecule has 19 heavy (non-hydrogen) atoms. The Hall–Kier alpha value is -0.870. The summed E-state index contributed by atoms with van der Waals surface area (Å²) >= 11 is 3.40. The molecule has 0 heterocycles. The van der Waals surface area contributed by atoms with E-state index in [1.54, 1.807) is 11.9 Å². The Morgan fingerprint density at radius 2 is 1.89 bits per heavy atom. The molecule has 1 aromatic carbocycles. The van der Waals surface area contributed by atoms with Crippen molar-refractivity contribution in [1.29, 1.82) is 0 Å². The molecule has 0 spiro atoms. The van der Waals surface area contributed by atoms with Crippen LogP contribution < -0.4 is 0 Å². The van der Waals surface area contributed by atoms with Gasteiger partial charge in [-0.25, -0.2) is 0 Å². The van der Waals surface area contributed by atoms with Gasteiger partial charge < -0.3 is 10.0 Å². The monoisotopic (exact) mass is 327 g/mol. The van der Waals surface area contributed by atoms with Crippen molar-refractivity contribution in [2.75, 3.05) is 20.2 Å². The maximum atomic E-state index is 12.1. The van der Waals surface area contributed by atoms with Crippen molar-refractivity contribution in [2.45, 2.75) is 20.3 Å². The van der Waals surface area contributed by atoms with Gasteiger partial charge in [0, 0.05) is 18.1 Å². The first-order valence-corrected chi connectivity index (χ1v) is 7.35. The number of benzene rings is 1. The van der Waals surface area contributed by atoms with Crippen molar-refractivity contribution in [3.63, 3.8) is 0 Å². The molecule has 0 aliphatic rings. The zero-order chi connectivity index (χ0) is 14.4. The van der Waals surface area contributed by atoms with Crippen molar-refractivity contribution < 1.29 is 9.90 Å². The highest BCUT2D eigenvalue weighted by Crippen LogP contribution is 2.14. The van der Waals surface area contributed by atoms with Crippen LogP contribution in [0.1, 0.15) is 19.4 Å². The lowest BCUT2D eigenvalue weighted by Crippen LogP contribution is -2.38. The molecule has 1 atom stereocenters. The van der Waals surface area contributed by atoms with Gasteiger partial charge in [-0.15, -0.1) is 0 Å². The summed E-state index contributed by atoms with van der Waals surface area (Å²) in [5, 5.41) is 9.28. The number of likely N-dealkylation sites (N-methyl/N-ethyl adjacent to an activating group) is 1.